The Hall–Kier alpha value is -1.69. The van der Waals surface area contributed by atoms with E-state index in [1.807, 2.05) is 23.9 Å². The number of aromatic nitrogens is 5. The lowest BCUT2D eigenvalue weighted by Gasteiger charge is -2.08. The van der Waals surface area contributed by atoms with Crippen molar-refractivity contribution in [1.82, 2.24) is 24.8 Å². The largest absolute Gasteiger partial charge is 0.387 e. The van der Waals surface area contributed by atoms with Crippen LogP contribution in [0.25, 0.3) is 0 Å². The zero-order valence-electron chi connectivity index (χ0n) is 11.7. The third-order valence-electron chi connectivity index (χ3n) is 3.31. The monoisotopic (exact) mass is 263 g/mol. The highest BCUT2D eigenvalue weighted by molar-refractivity contribution is 5.02. The number of aliphatic hydroxyl groups is 1. The second kappa shape index (κ2) is 5.97. The van der Waals surface area contributed by atoms with E-state index in [9.17, 15) is 5.11 Å². The minimum absolute atomic E-state index is 0.405. The molecule has 0 saturated carbocycles. The minimum Gasteiger partial charge on any atom is -0.387 e. The van der Waals surface area contributed by atoms with Gasteiger partial charge in [0.05, 0.1) is 24.5 Å². The number of hydrogen-bond donors (Lipinski definition) is 1. The lowest BCUT2D eigenvalue weighted by Crippen LogP contribution is -2.07. The maximum atomic E-state index is 9.68. The quantitative estimate of drug-likeness (QED) is 0.864. The zero-order chi connectivity index (χ0) is 13.8. The maximum absolute atomic E-state index is 9.68. The van der Waals surface area contributed by atoms with Crippen molar-refractivity contribution in [2.45, 2.75) is 52.3 Å². The van der Waals surface area contributed by atoms with Gasteiger partial charge in [-0.3, -0.25) is 4.68 Å². The predicted octanol–water partition coefficient (Wildman–Crippen LogP) is 1.94. The number of nitrogens with zero attached hydrogens (tertiary/aromatic N) is 5. The molecule has 0 spiro atoms. The van der Waals surface area contributed by atoms with Crippen molar-refractivity contribution >= 4 is 0 Å². The first-order chi connectivity index (χ1) is 9.13. The molecule has 6 heteroatoms. The molecule has 104 valence electrons. The third kappa shape index (κ3) is 3.20. The maximum Gasteiger partial charge on any atom is 0.111 e. The molecule has 0 amide bonds. The van der Waals surface area contributed by atoms with Crippen LogP contribution in [0.15, 0.2) is 18.5 Å². The number of hydrogen-bond acceptors (Lipinski definition) is 4. The lowest BCUT2D eigenvalue weighted by atomic mass is 10.2. The standard InChI is InChI=1S/C13H21N5O/c1-4-10(3)18-7-6-11(15-18)8-17-9-12(14-16-17)13(19)5-2/h6-7,9-10,13,19H,4-5,8H2,1-3H3. The second-order valence-electron chi connectivity index (χ2n) is 4.81. The van der Waals surface area contributed by atoms with Crippen molar-refractivity contribution < 1.29 is 5.11 Å². The molecule has 2 heterocycles. The average molecular weight is 263 g/mol. The van der Waals surface area contributed by atoms with Crippen molar-refractivity contribution in [3.63, 3.8) is 0 Å². The fourth-order valence-electron chi connectivity index (χ4n) is 1.81. The van der Waals surface area contributed by atoms with Gasteiger partial charge >= 0.3 is 0 Å². The summed E-state index contributed by atoms with van der Waals surface area (Å²) in [7, 11) is 0. The van der Waals surface area contributed by atoms with Gasteiger partial charge in [0.2, 0.25) is 0 Å². The van der Waals surface area contributed by atoms with E-state index in [4.69, 9.17) is 0 Å². The van der Waals surface area contributed by atoms with Crippen LogP contribution in [0.5, 0.6) is 0 Å². The summed E-state index contributed by atoms with van der Waals surface area (Å²) in [5.41, 5.74) is 1.56. The van der Waals surface area contributed by atoms with Gasteiger partial charge in [0.15, 0.2) is 0 Å². The van der Waals surface area contributed by atoms with E-state index in [-0.39, 0.29) is 0 Å². The highest BCUT2D eigenvalue weighted by atomic mass is 16.3. The van der Waals surface area contributed by atoms with Crippen LogP contribution in [-0.4, -0.2) is 29.9 Å². The van der Waals surface area contributed by atoms with E-state index >= 15 is 0 Å². The molecule has 0 aliphatic rings. The van der Waals surface area contributed by atoms with Crippen molar-refractivity contribution in [1.29, 1.82) is 0 Å². The summed E-state index contributed by atoms with van der Waals surface area (Å²) in [6.07, 6.45) is 4.92. The van der Waals surface area contributed by atoms with Crippen molar-refractivity contribution in [2.24, 2.45) is 0 Å². The Morgan fingerprint density at radius 1 is 1.32 bits per heavy atom. The summed E-state index contributed by atoms with van der Waals surface area (Å²) in [5, 5.41) is 22.2. The van der Waals surface area contributed by atoms with Gasteiger partial charge in [-0.05, 0) is 25.8 Å². The average Bonchev–Trinajstić information content (AvgIpc) is 3.07. The summed E-state index contributed by atoms with van der Waals surface area (Å²) in [5.74, 6) is 0. The van der Waals surface area contributed by atoms with Gasteiger partial charge in [0, 0.05) is 12.2 Å². The van der Waals surface area contributed by atoms with E-state index in [0.29, 0.717) is 24.7 Å². The first kappa shape index (κ1) is 13.7. The SMILES string of the molecule is CCC(O)c1cn(Cc2ccn(C(C)CC)n2)nn1. The van der Waals surface area contributed by atoms with Crippen LogP contribution in [0.1, 0.15) is 57.1 Å². The summed E-state index contributed by atoms with van der Waals surface area (Å²) in [6, 6.07) is 2.39. The molecule has 2 aromatic rings. The third-order valence-corrected chi connectivity index (χ3v) is 3.31. The minimum atomic E-state index is -0.536. The molecule has 2 rings (SSSR count). The Bertz CT molecular complexity index is 472. The molecule has 6 nitrogen and oxygen atoms in total. The second-order valence-corrected chi connectivity index (χ2v) is 4.81. The van der Waals surface area contributed by atoms with Crippen LogP contribution in [0.2, 0.25) is 0 Å². The van der Waals surface area contributed by atoms with Crippen LogP contribution in [0, 0.1) is 0 Å². The van der Waals surface area contributed by atoms with Gasteiger partial charge in [-0.15, -0.1) is 5.10 Å². The molecule has 0 aliphatic carbocycles. The van der Waals surface area contributed by atoms with Gasteiger partial charge in [0.1, 0.15) is 5.69 Å². The number of aliphatic hydroxyl groups excluding tert-OH is 1. The van der Waals surface area contributed by atoms with Gasteiger partial charge < -0.3 is 5.11 Å². The van der Waals surface area contributed by atoms with Gasteiger partial charge in [-0.2, -0.15) is 5.10 Å². The van der Waals surface area contributed by atoms with Gasteiger partial charge in [-0.1, -0.05) is 19.1 Å². The fourth-order valence-corrected chi connectivity index (χ4v) is 1.81. The van der Waals surface area contributed by atoms with Crippen LogP contribution in [-0.2, 0) is 6.54 Å². The van der Waals surface area contributed by atoms with E-state index < -0.39 is 6.10 Å². The molecule has 2 aromatic heterocycles. The number of rotatable bonds is 6. The lowest BCUT2D eigenvalue weighted by molar-refractivity contribution is 0.168. The highest BCUT2D eigenvalue weighted by Crippen LogP contribution is 2.13. The Morgan fingerprint density at radius 2 is 2.11 bits per heavy atom. The van der Waals surface area contributed by atoms with E-state index in [0.717, 1.165) is 12.1 Å². The van der Waals surface area contributed by atoms with Crippen molar-refractivity contribution in [3.05, 3.63) is 29.8 Å². The van der Waals surface area contributed by atoms with Gasteiger partial charge in [0.25, 0.3) is 0 Å². The summed E-state index contributed by atoms with van der Waals surface area (Å²) >= 11 is 0. The smallest absolute Gasteiger partial charge is 0.111 e. The first-order valence-corrected chi connectivity index (χ1v) is 6.76. The van der Waals surface area contributed by atoms with Crippen LogP contribution in [0.3, 0.4) is 0 Å². The Morgan fingerprint density at radius 3 is 2.79 bits per heavy atom. The molecular weight excluding hydrogens is 242 g/mol. The van der Waals surface area contributed by atoms with Gasteiger partial charge in [-0.25, -0.2) is 4.68 Å². The van der Waals surface area contributed by atoms with E-state index in [2.05, 4.69) is 29.3 Å². The molecule has 0 bridgehead atoms. The molecule has 19 heavy (non-hydrogen) atoms. The molecule has 1 N–H and O–H groups in total. The molecule has 2 atom stereocenters. The molecule has 0 aromatic carbocycles. The molecule has 2 unspecified atom stereocenters. The molecule has 0 fully saturated rings. The van der Waals surface area contributed by atoms with Crippen LogP contribution < -0.4 is 0 Å². The first-order valence-electron chi connectivity index (χ1n) is 6.76. The Balaban J connectivity index is 2.04. The predicted molar refractivity (Wildman–Crippen MR) is 71.6 cm³/mol. The van der Waals surface area contributed by atoms with Crippen molar-refractivity contribution in [3.8, 4) is 0 Å². The van der Waals surface area contributed by atoms with E-state index in [1.165, 1.54) is 0 Å². The summed E-state index contributed by atoms with van der Waals surface area (Å²) in [4.78, 5) is 0. The zero-order valence-corrected chi connectivity index (χ0v) is 11.7. The van der Waals surface area contributed by atoms with Crippen LogP contribution >= 0.6 is 0 Å². The fraction of sp³-hybridized carbons (Fsp3) is 0.615. The molecule has 0 saturated heterocycles. The summed E-state index contributed by atoms with van der Waals surface area (Å²) < 4.78 is 3.67. The van der Waals surface area contributed by atoms with E-state index in [1.54, 1.807) is 10.9 Å². The topological polar surface area (TPSA) is 68.8 Å². The van der Waals surface area contributed by atoms with Crippen LogP contribution in [0.4, 0.5) is 0 Å². The summed E-state index contributed by atoms with van der Waals surface area (Å²) in [6.45, 7) is 6.77. The van der Waals surface area contributed by atoms with Crippen molar-refractivity contribution in [2.75, 3.05) is 0 Å². The highest BCUT2D eigenvalue weighted by Gasteiger charge is 2.11. The molecule has 0 aliphatic heterocycles. The Labute approximate surface area is 113 Å². The molecule has 0 radical (unpaired) electrons. The normalized spacial score (nSPS) is 14.5. The Kier molecular flexibility index (Phi) is 4.31. The molecular formula is C13H21N5O.